The number of carbonyl (C=O) groups excluding carboxylic acids is 1. The number of carbonyl (C=O) groups is 1. The zero-order chi connectivity index (χ0) is 14.1. The Hall–Kier alpha value is -1.47. The summed E-state index contributed by atoms with van der Waals surface area (Å²) in [7, 11) is 0. The second-order valence-electron chi connectivity index (χ2n) is 4.71. The minimum atomic E-state index is -0.165. The van der Waals surface area contributed by atoms with Crippen molar-refractivity contribution in [3.05, 3.63) is 35.4 Å². The molecule has 0 fully saturated rings. The first-order valence-electron chi connectivity index (χ1n) is 6.34. The molecule has 0 aromatic heterocycles. The lowest BCUT2D eigenvalue weighted by molar-refractivity contribution is -0.140. The Morgan fingerprint density at radius 1 is 1.47 bits per heavy atom. The summed E-state index contributed by atoms with van der Waals surface area (Å²) in [6.07, 6.45) is 0.903. The van der Waals surface area contributed by atoms with Gasteiger partial charge < -0.3 is 4.74 Å². The van der Waals surface area contributed by atoms with Crippen molar-refractivity contribution in [2.75, 3.05) is 12.4 Å². The fourth-order valence-corrected chi connectivity index (χ4v) is 2.20. The summed E-state index contributed by atoms with van der Waals surface area (Å²) >= 11 is 1.51. The molecular weight excluding hydrogens is 258 g/mol. The molecule has 3 nitrogen and oxygen atoms in total. The Kier molecular flexibility index (Phi) is 7.06. The number of thioether (sulfide) groups is 1. The maximum Gasteiger partial charge on any atom is 0.315 e. The van der Waals surface area contributed by atoms with Gasteiger partial charge in [-0.1, -0.05) is 26.0 Å². The molecule has 0 spiro atoms. The van der Waals surface area contributed by atoms with Gasteiger partial charge in [-0.05, 0) is 30.0 Å². The van der Waals surface area contributed by atoms with Crippen molar-refractivity contribution in [2.45, 2.75) is 26.0 Å². The Balaban J connectivity index is 2.22. The van der Waals surface area contributed by atoms with Gasteiger partial charge in [0.15, 0.2) is 0 Å². The van der Waals surface area contributed by atoms with E-state index in [2.05, 4.69) is 19.9 Å². The first-order chi connectivity index (χ1) is 9.11. The zero-order valence-electron chi connectivity index (χ0n) is 11.4. The van der Waals surface area contributed by atoms with Crippen LogP contribution in [-0.2, 0) is 15.3 Å². The van der Waals surface area contributed by atoms with Crippen molar-refractivity contribution in [2.24, 2.45) is 5.92 Å². The molecule has 19 heavy (non-hydrogen) atoms. The number of nitrogens with zero attached hydrogens (tertiary/aromatic N) is 1. The molecule has 0 heterocycles. The largest absolute Gasteiger partial charge is 0.465 e. The molecule has 0 saturated heterocycles. The number of rotatable bonds is 7. The third-order valence-electron chi connectivity index (χ3n) is 2.50. The third-order valence-corrected chi connectivity index (χ3v) is 3.48. The van der Waals surface area contributed by atoms with Crippen LogP contribution in [0.4, 0.5) is 0 Å². The van der Waals surface area contributed by atoms with Gasteiger partial charge in [-0.2, -0.15) is 5.26 Å². The molecule has 0 bridgehead atoms. The molecule has 0 aliphatic rings. The van der Waals surface area contributed by atoms with E-state index in [-0.39, 0.29) is 5.97 Å². The first kappa shape index (κ1) is 15.6. The average molecular weight is 277 g/mol. The molecule has 0 amide bonds. The highest BCUT2D eigenvalue weighted by atomic mass is 32.2. The highest BCUT2D eigenvalue weighted by Crippen LogP contribution is 2.13. The van der Waals surface area contributed by atoms with Gasteiger partial charge >= 0.3 is 5.97 Å². The highest BCUT2D eigenvalue weighted by Gasteiger charge is 2.04. The summed E-state index contributed by atoms with van der Waals surface area (Å²) in [5.74, 6) is 1.46. The molecule has 4 heteroatoms. The number of nitriles is 1. The Labute approximate surface area is 119 Å². The zero-order valence-corrected chi connectivity index (χ0v) is 12.2. The average Bonchev–Trinajstić information content (AvgIpc) is 2.38. The monoisotopic (exact) mass is 277 g/mol. The Morgan fingerprint density at radius 3 is 2.95 bits per heavy atom. The standard InChI is InChI=1S/C15H19NO2S/c1-12(2)6-7-18-15(17)11-19-10-14-5-3-4-13(8-14)9-16/h3-5,8,12H,6-7,10-11H2,1-2H3. The number of hydrogen-bond donors (Lipinski definition) is 0. The summed E-state index contributed by atoms with van der Waals surface area (Å²) in [5, 5.41) is 8.79. The van der Waals surface area contributed by atoms with Crippen molar-refractivity contribution in [3.8, 4) is 6.07 Å². The molecule has 102 valence electrons. The highest BCUT2D eigenvalue weighted by molar-refractivity contribution is 7.99. The van der Waals surface area contributed by atoms with Gasteiger partial charge in [-0.25, -0.2) is 0 Å². The maximum atomic E-state index is 11.4. The molecule has 0 unspecified atom stereocenters. The molecular formula is C15H19NO2S. The van der Waals surface area contributed by atoms with Crippen LogP contribution >= 0.6 is 11.8 Å². The van der Waals surface area contributed by atoms with E-state index < -0.39 is 0 Å². The van der Waals surface area contributed by atoms with Crippen molar-refractivity contribution < 1.29 is 9.53 Å². The number of benzene rings is 1. The molecule has 0 atom stereocenters. The molecule has 0 radical (unpaired) electrons. The predicted molar refractivity (Wildman–Crippen MR) is 77.7 cm³/mol. The van der Waals surface area contributed by atoms with E-state index in [9.17, 15) is 4.79 Å². The topological polar surface area (TPSA) is 50.1 Å². The van der Waals surface area contributed by atoms with Gasteiger partial charge in [0.25, 0.3) is 0 Å². The summed E-state index contributed by atoms with van der Waals surface area (Å²) in [4.78, 5) is 11.4. The SMILES string of the molecule is CC(C)CCOC(=O)CSCc1cccc(C#N)c1. The van der Waals surface area contributed by atoms with E-state index in [0.717, 1.165) is 17.7 Å². The smallest absolute Gasteiger partial charge is 0.315 e. The van der Waals surface area contributed by atoms with Crippen molar-refractivity contribution in [1.82, 2.24) is 0 Å². The normalized spacial score (nSPS) is 10.2. The van der Waals surface area contributed by atoms with Crippen LogP contribution in [0.3, 0.4) is 0 Å². The van der Waals surface area contributed by atoms with Crippen LogP contribution in [0.2, 0.25) is 0 Å². The summed E-state index contributed by atoms with van der Waals surface area (Å²) in [6.45, 7) is 4.70. The van der Waals surface area contributed by atoms with Gasteiger partial charge in [0.1, 0.15) is 0 Å². The van der Waals surface area contributed by atoms with E-state index in [0.29, 0.717) is 23.8 Å². The van der Waals surface area contributed by atoms with Crippen LogP contribution in [0.15, 0.2) is 24.3 Å². The van der Waals surface area contributed by atoms with E-state index in [4.69, 9.17) is 10.00 Å². The van der Waals surface area contributed by atoms with E-state index in [1.807, 2.05) is 18.2 Å². The first-order valence-corrected chi connectivity index (χ1v) is 7.49. The fourth-order valence-electron chi connectivity index (χ4n) is 1.43. The summed E-state index contributed by atoms with van der Waals surface area (Å²) < 4.78 is 5.12. The van der Waals surface area contributed by atoms with Gasteiger partial charge in [-0.3, -0.25) is 4.79 Å². The fraction of sp³-hybridized carbons (Fsp3) is 0.467. The lowest BCUT2D eigenvalue weighted by atomic mass is 10.1. The van der Waals surface area contributed by atoms with Crippen molar-refractivity contribution in [3.63, 3.8) is 0 Å². The summed E-state index contributed by atoms with van der Waals surface area (Å²) in [6, 6.07) is 9.53. The minimum Gasteiger partial charge on any atom is -0.465 e. The quantitative estimate of drug-likeness (QED) is 0.717. The molecule has 0 aliphatic heterocycles. The number of esters is 1. The van der Waals surface area contributed by atoms with E-state index in [1.165, 1.54) is 11.8 Å². The van der Waals surface area contributed by atoms with Crippen LogP contribution < -0.4 is 0 Å². The lowest BCUT2D eigenvalue weighted by Gasteiger charge is -2.06. The molecule has 1 aromatic carbocycles. The molecule has 0 N–H and O–H groups in total. The van der Waals surface area contributed by atoms with Crippen molar-refractivity contribution in [1.29, 1.82) is 5.26 Å². The van der Waals surface area contributed by atoms with Crippen LogP contribution in [0.25, 0.3) is 0 Å². The van der Waals surface area contributed by atoms with Crippen LogP contribution in [0.1, 0.15) is 31.4 Å². The molecule has 1 aromatic rings. The molecule has 0 aliphatic carbocycles. The molecule has 0 saturated carbocycles. The predicted octanol–water partition coefficient (Wildman–Crippen LogP) is 3.38. The van der Waals surface area contributed by atoms with Crippen LogP contribution in [0, 0.1) is 17.2 Å². The van der Waals surface area contributed by atoms with Crippen LogP contribution in [-0.4, -0.2) is 18.3 Å². The van der Waals surface area contributed by atoms with Gasteiger partial charge in [0, 0.05) is 5.75 Å². The molecule has 1 rings (SSSR count). The number of hydrogen-bond acceptors (Lipinski definition) is 4. The van der Waals surface area contributed by atoms with Crippen LogP contribution in [0.5, 0.6) is 0 Å². The number of ether oxygens (including phenoxy) is 1. The van der Waals surface area contributed by atoms with Gasteiger partial charge in [0.2, 0.25) is 0 Å². The maximum absolute atomic E-state index is 11.4. The van der Waals surface area contributed by atoms with Gasteiger partial charge in [-0.15, -0.1) is 11.8 Å². The van der Waals surface area contributed by atoms with E-state index >= 15 is 0 Å². The van der Waals surface area contributed by atoms with Gasteiger partial charge in [0.05, 0.1) is 24.0 Å². The minimum absolute atomic E-state index is 0.165. The van der Waals surface area contributed by atoms with E-state index in [1.54, 1.807) is 6.07 Å². The Morgan fingerprint density at radius 2 is 2.26 bits per heavy atom. The second kappa shape index (κ2) is 8.60. The Bertz CT molecular complexity index is 452. The lowest BCUT2D eigenvalue weighted by Crippen LogP contribution is -2.10. The van der Waals surface area contributed by atoms with Crippen molar-refractivity contribution >= 4 is 17.7 Å². The third kappa shape index (κ3) is 6.88. The summed E-state index contributed by atoms with van der Waals surface area (Å²) in [5.41, 5.74) is 1.71. The second-order valence-corrected chi connectivity index (χ2v) is 5.69.